The molecule has 0 saturated heterocycles. The van der Waals surface area contributed by atoms with Crippen molar-refractivity contribution in [3.05, 3.63) is 156 Å². The van der Waals surface area contributed by atoms with E-state index in [1.54, 1.807) is 72.8 Å². The Morgan fingerprint density at radius 2 is 1.18 bits per heavy atom. The number of ether oxygens (including phenoxy) is 1. The second-order valence-corrected chi connectivity index (χ2v) is 8.08. The second kappa shape index (κ2) is 14.9. The molecule has 0 amide bonds. The highest BCUT2D eigenvalue weighted by Gasteiger charge is 2.18. The number of para-hydroxylation sites is 2. The zero-order chi connectivity index (χ0) is 27.2. The number of carbonyl (C=O) groups excluding carboxylic acids is 1. The molecule has 1 aromatic heterocycles. The average molecular weight is 507 g/mol. The molecule has 0 aliphatic rings. The average Bonchev–Trinajstić information content (AvgIpc) is 2.98. The molecule has 192 valence electrons. The number of Topliss-reactive ketones (excluding diaryl/α,β-unsaturated/α-hetero) is 1. The number of carbonyl (C=O) groups is 1. The first-order chi connectivity index (χ1) is 18.6. The predicted octanol–water partition coefficient (Wildman–Crippen LogP) is 6.92. The van der Waals surface area contributed by atoms with Crippen LogP contribution >= 0.6 is 0 Å². The monoisotopic (exact) mass is 506 g/mol. The van der Waals surface area contributed by atoms with E-state index in [1.165, 1.54) is 0 Å². The summed E-state index contributed by atoms with van der Waals surface area (Å²) in [6, 6.07) is 32.3. The Morgan fingerprint density at radius 3 is 1.68 bits per heavy atom. The molecule has 4 aromatic carbocycles. The summed E-state index contributed by atoms with van der Waals surface area (Å²) in [7, 11) is 0. The number of ketones is 1. The summed E-state index contributed by atoms with van der Waals surface area (Å²) in [4.78, 5) is 23.9. The van der Waals surface area contributed by atoms with Gasteiger partial charge in [0.25, 0.3) is 0 Å². The number of aliphatic hydroxyl groups excluding tert-OH is 1. The molecule has 0 fully saturated rings. The summed E-state index contributed by atoms with van der Waals surface area (Å²) in [5, 5.41) is 11.2. The van der Waals surface area contributed by atoms with Crippen molar-refractivity contribution in [3.63, 3.8) is 0 Å². The van der Waals surface area contributed by atoms with Crippen molar-refractivity contribution in [2.45, 2.75) is 6.10 Å². The third-order valence-electron chi connectivity index (χ3n) is 5.38. The first-order valence-electron chi connectivity index (χ1n) is 12.1. The third-order valence-corrected chi connectivity index (χ3v) is 5.38. The van der Waals surface area contributed by atoms with Crippen molar-refractivity contribution >= 4 is 27.7 Å². The normalized spacial score (nSPS) is 10.9. The van der Waals surface area contributed by atoms with Crippen molar-refractivity contribution in [2.24, 2.45) is 0 Å². The molecule has 0 saturated carbocycles. The predicted molar refractivity (Wildman–Crippen MR) is 153 cm³/mol. The van der Waals surface area contributed by atoms with E-state index in [-0.39, 0.29) is 11.2 Å². The highest BCUT2D eigenvalue weighted by molar-refractivity contribution is 5.99. The first-order valence-corrected chi connectivity index (χ1v) is 12.1. The zero-order valence-corrected chi connectivity index (χ0v) is 21.0. The van der Waals surface area contributed by atoms with Crippen LogP contribution in [0.2, 0.25) is 0 Å². The summed E-state index contributed by atoms with van der Waals surface area (Å²) in [6.45, 7) is 8.18. The van der Waals surface area contributed by atoms with Gasteiger partial charge in [-0.2, -0.15) is 0 Å². The minimum Gasteiger partial charge on any atom is -0.456 e. The van der Waals surface area contributed by atoms with Gasteiger partial charge in [0, 0.05) is 5.56 Å². The van der Waals surface area contributed by atoms with Crippen LogP contribution in [0.5, 0.6) is 0 Å². The second-order valence-electron chi connectivity index (χ2n) is 8.08. The summed E-state index contributed by atoms with van der Waals surface area (Å²) in [5.74, 6) is -0.271. The topological polar surface area (TPSA) is 76.7 Å². The molecule has 1 heterocycles. The maximum atomic E-state index is 12.0. The molecule has 0 bridgehead atoms. The van der Waals surface area contributed by atoms with Gasteiger partial charge in [0.15, 0.2) is 5.78 Å². The van der Waals surface area contributed by atoms with E-state index < -0.39 is 6.10 Å². The minimum atomic E-state index is -1.08. The van der Waals surface area contributed by atoms with Crippen LogP contribution in [-0.2, 0) is 4.74 Å². The highest BCUT2D eigenvalue weighted by Crippen LogP contribution is 2.18. The molecule has 1 atom stereocenters. The van der Waals surface area contributed by atoms with Crippen LogP contribution in [0.15, 0.2) is 144 Å². The van der Waals surface area contributed by atoms with E-state index in [0.717, 1.165) is 0 Å². The molecule has 1 unspecified atom stereocenters. The highest BCUT2D eigenvalue weighted by atomic mass is 16.5. The third kappa shape index (κ3) is 7.71. The number of fused-ring (bicyclic) bond motifs is 2. The lowest BCUT2D eigenvalue weighted by atomic mass is 10.0. The smallest absolute Gasteiger partial charge is 0.200 e. The lowest BCUT2D eigenvalue weighted by Crippen LogP contribution is -2.11. The number of hydrogen-bond donors (Lipinski definition) is 1. The Hall–Kier alpha value is -4.58. The van der Waals surface area contributed by atoms with Gasteiger partial charge in [-0.3, -0.25) is 9.59 Å². The van der Waals surface area contributed by atoms with Gasteiger partial charge >= 0.3 is 0 Å². The fourth-order valence-electron chi connectivity index (χ4n) is 3.53. The van der Waals surface area contributed by atoms with Crippen LogP contribution in [0.4, 0.5) is 0 Å². The van der Waals surface area contributed by atoms with E-state index in [9.17, 15) is 14.7 Å². The summed E-state index contributed by atoms with van der Waals surface area (Å²) >= 11 is 0. The maximum Gasteiger partial charge on any atom is 0.200 e. The van der Waals surface area contributed by atoms with Gasteiger partial charge in [-0.05, 0) is 29.8 Å². The quantitative estimate of drug-likeness (QED) is 0.112. The van der Waals surface area contributed by atoms with E-state index in [1.807, 2.05) is 48.5 Å². The van der Waals surface area contributed by atoms with Crippen LogP contribution in [0.25, 0.3) is 21.9 Å². The van der Waals surface area contributed by atoms with Crippen molar-refractivity contribution < 1.29 is 19.1 Å². The van der Waals surface area contributed by atoms with Crippen LogP contribution in [-0.4, -0.2) is 24.1 Å². The number of aliphatic hydroxyl groups is 1. The lowest BCUT2D eigenvalue weighted by molar-refractivity contribution is 0.0747. The molecule has 5 aromatic rings. The Labute approximate surface area is 221 Å². The van der Waals surface area contributed by atoms with Gasteiger partial charge < -0.3 is 14.3 Å². The van der Waals surface area contributed by atoms with Gasteiger partial charge in [0.2, 0.25) is 5.43 Å². The Balaban J connectivity index is 0.000000171. The van der Waals surface area contributed by atoms with Crippen LogP contribution in [0, 0.1) is 0 Å². The van der Waals surface area contributed by atoms with Crippen molar-refractivity contribution in [2.75, 3.05) is 13.2 Å². The maximum absolute atomic E-state index is 12.0. The summed E-state index contributed by atoms with van der Waals surface area (Å²) < 4.78 is 10.5. The molecule has 38 heavy (non-hydrogen) atoms. The Morgan fingerprint density at radius 1 is 0.737 bits per heavy atom. The Bertz CT molecular complexity index is 1460. The van der Waals surface area contributed by atoms with Crippen molar-refractivity contribution in [3.8, 4) is 0 Å². The molecule has 0 spiro atoms. The largest absolute Gasteiger partial charge is 0.456 e. The summed E-state index contributed by atoms with van der Waals surface area (Å²) in [5.41, 5.74) is 2.46. The standard InChI is InChI=1S/C14H12O2.C13H8O2.C6H10O/c15-13(11-7-3-1-4-8-11)14(16)12-9-5-2-6-10-12;14-13-9-5-1-3-7-11(9)15-12-8-4-2-6-10(12)13;1-3-5-7-6-4-2/h1-10,13,15H;1-8H;3-4H,1-2,5-6H2. The molecule has 5 nitrogen and oxygen atoms in total. The molecule has 0 aliphatic carbocycles. The van der Waals surface area contributed by atoms with Crippen LogP contribution in [0.1, 0.15) is 22.0 Å². The van der Waals surface area contributed by atoms with E-state index in [2.05, 4.69) is 13.2 Å². The van der Waals surface area contributed by atoms with E-state index in [4.69, 9.17) is 9.15 Å². The van der Waals surface area contributed by atoms with E-state index in [0.29, 0.717) is 46.3 Å². The van der Waals surface area contributed by atoms with Gasteiger partial charge in [-0.1, -0.05) is 97.1 Å². The number of hydrogen-bond acceptors (Lipinski definition) is 5. The van der Waals surface area contributed by atoms with Crippen LogP contribution in [0.3, 0.4) is 0 Å². The SMILES string of the molecule is C=CCOCC=C.O=C(c1ccccc1)C(O)c1ccccc1.O=c1c2ccccc2oc2ccccc12. The van der Waals surface area contributed by atoms with Gasteiger partial charge in [-0.25, -0.2) is 0 Å². The molecular formula is C33H30O5. The molecule has 0 aliphatic heterocycles. The summed E-state index contributed by atoms with van der Waals surface area (Å²) in [6.07, 6.45) is 2.34. The molecule has 0 radical (unpaired) electrons. The fraction of sp³-hybridized carbons (Fsp3) is 0.0909. The van der Waals surface area contributed by atoms with Crippen molar-refractivity contribution in [1.29, 1.82) is 0 Å². The first kappa shape index (κ1) is 28.0. The van der Waals surface area contributed by atoms with E-state index >= 15 is 0 Å². The molecule has 5 rings (SSSR count). The van der Waals surface area contributed by atoms with Crippen LogP contribution < -0.4 is 5.43 Å². The van der Waals surface area contributed by atoms with Gasteiger partial charge in [-0.15, -0.1) is 13.2 Å². The lowest BCUT2D eigenvalue weighted by Gasteiger charge is -2.09. The van der Waals surface area contributed by atoms with Gasteiger partial charge in [0.05, 0.1) is 24.0 Å². The number of benzene rings is 4. The fourth-order valence-corrected chi connectivity index (χ4v) is 3.53. The molecule has 1 N–H and O–H groups in total. The minimum absolute atomic E-state index is 0.0347. The van der Waals surface area contributed by atoms with Crippen molar-refractivity contribution in [1.82, 2.24) is 0 Å². The molecular weight excluding hydrogens is 476 g/mol. The number of rotatable bonds is 7. The zero-order valence-electron chi connectivity index (χ0n) is 21.0. The molecule has 5 heteroatoms. The Kier molecular flexibility index (Phi) is 10.9. The van der Waals surface area contributed by atoms with Gasteiger partial charge in [0.1, 0.15) is 17.3 Å².